The zero-order valence-electron chi connectivity index (χ0n) is 14.8. The molecule has 2 unspecified atom stereocenters. The van der Waals surface area contributed by atoms with Gasteiger partial charge in [0.1, 0.15) is 18.3 Å². The van der Waals surface area contributed by atoms with Gasteiger partial charge < -0.3 is 39.5 Å². The molecule has 0 spiro atoms. The number of rotatable bonds is 8. The number of nitrogens with zero attached hydrogens (tertiary/aromatic N) is 3. The van der Waals surface area contributed by atoms with Crippen molar-refractivity contribution >= 4 is 34.6 Å². The molecule has 6 atom stereocenters. The largest absolute Gasteiger partial charge is 0.490 e. The zero-order valence-corrected chi connectivity index (χ0v) is 17.5. The number of phosphoric ester groups is 1. The van der Waals surface area contributed by atoms with Crippen LogP contribution in [0.2, 0.25) is 0 Å². The average Bonchev–Trinajstić information content (AvgIpc) is 3.13. The van der Waals surface area contributed by atoms with Crippen LogP contribution in [0.15, 0.2) is 17.4 Å². The molecule has 0 aromatic carbocycles. The number of fused-ring (bicyclic) bond motifs is 1. The molecular weight excluding hydrogens is 493 g/mol. The van der Waals surface area contributed by atoms with Crippen molar-refractivity contribution in [1.82, 2.24) is 19.5 Å². The predicted octanol–water partition coefficient (Wildman–Crippen LogP) is -1.92. The summed E-state index contributed by atoms with van der Waals surface area (Å²) >= 11 is 0. The van der Waals surface area contributed by atoms with Crippen LogP contribution in [-0.4, -0.2) is 74.2 Å². The first kappa shape index (κ1) is 24.3. The van der Waals surface area contributed by atoms with Gasteiger partial charge >= 0.3 is 23.5 Å². The molecule has 1 aliphatic heterocycles. The molecule has 0 saturated carbocycles. The number of hydrogen-bond acceptors (Lipinski definition) is 12. The molecule has 2 aromatic heterocycles. The highest BCUT2D eigenvalue weighted by molar-refractivity contribution is 7.66. The van der Waals surface area contributed by atoms with Crippen molar-refractivity contribution in [2.24, 2.45) is 0 Å². The van der Waals surface area contributed by atoms with Gasteiger partial charge in [0.15, 0.2) is 17.4 Å². The summed E-state index contributed by atoms with van der Waals surface area (Å²) in [6.07, 6.45) is -4.05. The Kier molecular flexibility index (Phi) is 6.68. The molecule has 21 heteroatoms. The van der Waals surface area contributed by atoms with E-state index in [-0.39, 0.29) is 11.2 Å². The number of phosphoric acid groups is 3. The number of aliphatic hydroxyl groups excluding tert-OH is 2. The third kappa shape index (κ3) is 5.71. The summed E-state index contributed by atoms with van der Waals surface area (Å²) in [5, 5.41) is 20.3. The number of ether oxygens (including phenoxy) is 1. The molecule has 0 aliphatic carbocycles. The van der Waals surface area contributed by atoms with E-state index < -0.39 is 60.2 Å². The molecule has 0 bridgehead atoms. The molecule has 2 aromatic rings. The van der Waals surface area contributed by atoms with Crippen molar-refractivity contribution in [2.45, 2.75) is 24.5 Å². The Morgan fingerprint density at radius 2 is 1.74 bits per heavy atom. The second kappa shape index (κ2) is 8.53. The van der Waals surface area contributed by atoms with Gasteiger partial charge in [-0.25, -0.2) is 23.7 Å². The Bertz CT molecular complexity index is 1160. The number of hydrogen-bond donors (Lipinski definition) is 7. The highest BCUT2D eigenvalue weighted by Gasteiger charge is 2.47. The number of nitrogens with one attached hydrogen (secondary N) is 1. The summed E-state index contributed by atoms with van der Waals surface area (Å²) in [6, 6.07) is 0. The van der Waals surface area contributed by atoms with Crippen LogP contribution < -0.4 is 5.56 Å². The van der Waals surface area contributed by atoms with E-state index in [1.807, 2.05) is 0 Å². The van der Waals surface area contributed by atoms with E-state index in [1.165, 1.54) is 0 Å². The van der Waals surface area contributed by atoms with Crippen LogP contribution in [0.4, 0.5) is 0 Å². The Morgan fingerprint density at radius 3 is 2.39 bits per heavy atom. The number of H-pyrrole nitrogens is 1. The fourth-order valence-electron chi connectivity index (χ4n) is 2.62. The van der Waals surface area contributed by atoms with Gasteiger partial charge in [0.25, 0.3) is 5.56 Å². The Hall–Kier alpha value is -1.36. The van der Waals surface area contributed by atoms with Crippen LogP contribution in [0.25, 0.3) is 11.2 Å². The van der Waals surface area contributed by atoms with Gasteiger partial charge in [-0.1, -0.05) is 0 Å². The summed E-state index contributed by atoms with van der Waals surface area (Å²) < 4.78 is 51.6. The number of aromatic nitrogens is 4. The fourth-order valence-corrected chi connectivity index (χ4v) is 5.65. The van der Waals surface area contributed by atoms with Gasteiger partial charge in [0.2, 0.25) is 0 Å². The molecule has 3 heterocycles. The van der Waals surface area contributed by atoms with E-state index in [1.54, 1.807) is 0 Å². The van der Waals surface area contributed by atoms with Crippen molar-refractivity contribution in [3.8, 4) is 0 Å². The van der Waals surface area contributed by atoms with Crippen LogP contribution in [-0.2, 0) is 31.6 Å². The van der Waals surface area contributed by atoms with Crippen LogP contribution in [0.1, 0.15) is 6.23 Å². The Labute approximate surface area is 170 Å². The smallest absolute Gasteiger partial charge is 0.387 e. The number of aromatic amines is 1. The third-order valence-electron chi connectivity index (χ3n) is 3.79. The summed E-state index contributed by atoms with van der Waals surface area (Å²) in [7, 11) is -16.7. The molecular formula is C10H15N4O14P3. The lowest BCUT2D eigenvalue weighted by atomic mass is 10.1. The summed E-state index contributed by atoms with van der Waals surface area (Å²) in [5.74, 6) is 0. The Morgan fingerprint density at radius 1 is 1.06 bits per heavy atom. The van der Waals surface area contributed by atoms with Crippen molar-refractivity contribution in [3.05, 3.63) is 23.0 Å². The minimum absolute atomic E-state index is 0.00599. The second-order valence-corrected chi connectivity index (χ2v) is 10.4. The van der Waals surface area contributed by atoms with E-state index in [2.05, 4.69) is 28.1 Å². The van der Waals surface area contributed by atoms with Gasteiger partial charge in [-0.15, -0.1) is 0 Å². The zero-order chi connectivity index (χ0) is 23.2. The van der Waals surface area contributed by atoms with Crippen LogP contribution in [0.5, 0.6) is 0 Å². The molecule has 174 valence electrons. The van der Waals surface area contributed by atoms with Crippen molar-refractivity contribution in [3.63, 3.8) is 0 Å². The molecule has 1 saturated heterocycles. The molecule has 1 fully saturated rings. The maximum atomic E-state index is 11.8. The maximum Gasteiger partial charge on any atom is 0.490 e. The fraction of sp³-hybridized carbons (Fsp3) is 0.500. The monoisotopic (exact) mass is 508 g/mol. The molecule has 18 nitrogen and oxygen atoms in total. The molecule has 3 rings (SSSR count). The first-order chi connectivity index (χ1) is 14.2. The lowest BCUT2D eigenvalue weighted by molar-refractivity contribution is -0.0503. The lowest BCUT2D eigenvalue weighted by Crippen LogP contribution is -2.33. The van der Waals surface area contributed by atoms with Crippen LogP contribution in [0.3, 0.4) is 0 Å². The summed E-state index contributed by atoms with van der Waals surface area (Å²) in [6.45, 7) is -0.987. The summed E-state index contributed by atoms with van der Waals surface area (Å²) in [4.78, 5) is 57.2. The van der Waals surface area contributed by atoms with Crippen LogP contribution >= 0.6 is 23.5 Å². The average molecular weight is 508 g/mol. The minimum Gasteiger partial charge on any atom is -0.387 e. The number of imidazole rings is 1. The van der Waals surface area contributed by atoms with E-state index in [4.69, 9.17) is 19.4 Å². The quantitative estimate of drug-likeness (QED) is 0.191. The second-order valence-electron chi connectivity index (χ2n) is 5.99. The topological polar surface area (TPSA) is 273 Å². The van der Waals surface area contributed by atoms with Crippen molar-refractivity contribution < 1.29 is 61.4 Å². The van der Waals surface area contributed by atoms with Gasteiger partial charge in [0.05, 0.1) is 19.3 Å². The molecule has 7 N–H and O–H groups in total. The van der Waals surface area contributed by atoms with Crippen LogP contribution in [0, 0.1) is 0 Å². The first-order valence-electron chi connectivity index (χ1n) is 7.89. The lowest BCUT2D eigenvalue weighted by Gasteiger charge is -2.19. The summed E-state index contributed by atoms with van der Waals surface area (Å²) in [5.41, 5.74) is -0.681. The standard InChI is InChI=1S/C10H15N4O14P3/c15-6-4(1-25-30(21,22)28-31(23,24)27-29(18,19)20)26-10(7(6)16)14-3-13-5-8(14)11-2-12-9(5)17/h2-4,6-7,10,15-16H,1H2,(H,21,22)(H,23,24)(H,11,12,17)(H2,18,19,20)/t4-,6+,7-,10-/m1/s1. The van der Waals surface area contributed by atoms with E-state index >= 15 is 0 Å². The molecule has 0 radical (unpaired) electrons. The highest BCUT2D eigenvalue weighted by atomic mass is 31.3. The SMILES string of the molecule is O=c1[nH]cnc2c1ncn2[C@@H]1O[C@H](COP(=O)(O)OP(=O)(O)OP(=O)(O)O)[C@H](O)[C@H]1O. The van der Waals surface area contributed by atoms with Gasteiger partial charge in [-0.3, -0.25) is 13.9 Å². The van der Waals surface area contributed by atoms with Gasteiger partial charge in [0, 0.05) is 0 Å². The van der Waals surface area contributed by atoms with Gasteiger partial charge in [-0.05, 0) is 0 Å². The first-order valence-corrected chi connectivity index (χ1v) is 12.4. The predicted molar refractivity (Wildman–Crippen MR) is 93.9 cm³/mol. The highest BCUT2D eigenvalue weighted by Crippen LogP contribution is 2.66. The number of aliphatic hydroxyl groups is 2. The van der Waals surface area contributed by atoms with Crippen molar-refractivity contribution in [2.75, 3.05) is 6.61 Å². The molecule has 0 amide bonds. The van der Waals surface area contributed by atoms with Gasteiger partial charge in [-0.2, -0.15) is 8.62 Å². The van der Waals surface area contributed by atoms with E-state index in [0.29, 0.717) is 0 Å². The molecule has 31 heavy (non-hydrogen) atoms. The molecule has 1 aliphatic rings. The normalized spacial score (nSPS) is 28.5. The third-order valence-corrected chi connectivity index (χ3v) is 7.60. The van der Waals surface area contributed by atoms with E-state index in [0.717, 1.165) is 17.2 Å². The Balaban J connectivity index is 1.70. The van der Waals surface area contributed by atoms with Crippen molar-refractivity contribution in [1.29, 1.82) is 0 Å². The maximum absolute atomic E-state index is 11.8. The van der Waals surface area contributed by atoms with E-state index in [9.17, 15) is 33.6 Å². The minimum atomic E-state index is -5.72.